The van der Waals surface area contributed by atoms with Crippen molar-refractivity contribution in [2.75, 3.05) is 34.4 Å². The number of methoxy groups -OCH3 is 3. The van der Waals surface area contributed by atoms with Gasteiger partial charge >= 0.3 is 5.97 Å². The highest BCUT2D eigenvalue weighted by Gasteiger charge is 2.55. The third kappa shape index (κ3) is 3.51. The number of piperidine rings is 1. The number of hydrogen-bond donors (Lipinski definition) is 0. The molecule has 8 nitrogen and oxygen atoms in total. The van der Waals surface area contributed by atoms with Gasteiger partial charge in [-0.15, -0.1) is 0 Å². The molecule has 8 heteroatoms. The SMILES string of the molecule is COC(=O)C1CCN(C(=O)C2(c3cc(-c4ccc(OC)c(OC)c4)on3)CC2)CC1. The number of esters is 1. The maximum absolute atomic E-state index is 13.3. The molecule has 0 unspecified atom stereocenters. The van der Waals surface area contributed by atoms with Gasteiger partial charge in [-0.2, -0.15) is 0 Å². The average molecular weight is 414 g/mol. The Morgan fingerprint density at radius 2 is 1.77 bits per heavy atom. The van der Waals surface area contributed by atoms with Crippen LogP contribution >= 0.6 is 0 Å². The Balaban J connectivity index is 1.49. The predicted molar refractivity (Wildman–Crippen MR) is 107 cm³/mol. The number of nitrogens with zero attached hydrogens (tertiary/aromatic N) is 2. The monoisotopic (exact) mass is 414 g/mol. The topological polar surface area (TPSA) is 91.1 Å². The van der Waals surface area contributed by atoms with Crippen molar-refractivity contribution in [1.29, 1.82) is 0 Å². The zero-order valence-corrected chi connectivity index (χ0v) is 17.5. The van der Waals surface area contributed by atoms with E-state index in [0.29, 0.717) is 48.9 Å². The van der Waals surface area contributed by atoms with E-state index >= 15 is 0 Å². The third-order valence-corrected chi connectivity index (χ3v) is 6.14. The van der Waals surface area contributed by atoms with Gasteiger partial charge in [-0.05, 0) is 43.9 Å². The molecule has 1 aliphatic heterocycles. The summed E-state index contributed by atoms with van der Waals surface area (Å²) in [6.07, 6.45) is 2.76. The number of ether oxygens (including phenoxy) is 3. The lowest BCUT2D eigenvalue weighted by Crippen LogP contribution is -2.45. The van der Waals surface area contributed by atoms with Gasteiger partial charge in [-0.1, -0.05) is 5.16 Å². The molecule has 2 aromatic rings. The van der Waals surface area contributed by atoms with E-state index in [1.807, 2.05) is 23.1 Å². The van der Waals surface area contributed by atoms with Gasteiger partial charge in [-0.3, -0.25) is 9.59 Å². The number of rotatable bonds is 6. The number of aromatic nitrogens is 1. The largest absolute Gasteiger partial charge is 0.493 e. The number of carbonyl (C=O) groups is 2. The van der Waals surface area contributed by atoms with Crippen LogP contribution in [0.2, 0.25) is 0 Å². The fourth-order valence-electron chi connectivity index (χ4n) is 4.12. The third-order valence-electron chi connectivity index (χ3n) is 6.14. The number of hydrogen-bond acceptors (Lipinski definition) is 7. The van der Waals surface area contributed by atoms with Crippen molar-refractivity contribution < 1.29 is 28.3 Å². The van der Waals surface area contributed by atoms with Gasteiger partial charge in [0.15, 0.2) is 17.3 Å². The van der Waals surface area contributed by atoms with Crippen LogP contribution in [0, 0.1) is 5.92 Å². The summed E-state index contributed by atoms with van der Waals surface area (Å²) in [6, 6.07) is 7.33. The van der Waals surface area contributed by atoms with E-state index in [2.05, 4.69) is 5.16 Å². The fourth-order valence-corrected chi connectivity index (χ4v) is 4.12. The molecule has 1 saturated carbocycles. The summed E-state index contributed by atoms with van der Waals surface area (Å²) in [5, 5.41) is 4.23. The number of amides is 1. The molecule has 4 rings (SSSR count). The van der Waals surface area contributed by atoms with Crippen molar-refractivity contribution in [3.63, 3.8) is 0 Å². The van der Waals surface area contributed by atoms with Gasteiger partial charge < -0.3 is 23.6 Å². The minimum absolute atomic E-state index is 0.0676. The van der Waals surface area contributed by atoms with Crippen molar-refractivity contribution in [2.24, 2.45) is 5.92 Å². The summed E-state index contributed by atoms with van der Waals surface area (Å²) in [4.78, 5) is 26.8. The molecule has 1 aromatic carbocycles. The molecule has 0 N–H and O–H groups in total. The molecule has 0 bridgehead atoms. The van der Waals surface area contributed by atoms with Crippen LogP contribution in [-0.2, 0) is 19.7 Å². The smallest absolute Gasteiger partial charge is 0.308 e. The summed E-state index contributed by atoms with van der Waals surface area (Å²) in [5.74, 6) is 1.55. The fraction of sp³-hybridized carbons (Fsp3) is 0.500. The molecule has 2 fully saturated rings. The summed E-state index contributed by atoms with van der Waals surface area (Å²) < 4.78 is 21.0. The Bertz CT molecular complexity index is 941. The van der Waals surface area contributed by atoms with Crippen molar-refractivity contribution >= 4 is 11.9 Å². The summed E-state index contributed by atoms with van der Waals surface area (Å²) >= 11 is 0. The molecule has 0 atom stereocenters. The molecule has 1 amide bonds. The average Bonchev–Trinajstić information content (AvgIpc) is 3.46. The molecule has 0 radical (unpaired) electrons. The zero-order valence-electron chi connectivity index (χ0n) is 17.5. The van der Waals surface area contributed by atoms with E-state index in [1.54, 1.807) is 20.3 Å². The van der Waals surface area contributed by atoms with Crippen molar-refractivity contribution in [1.82, 2.24) is 10.1 Å². The Morgan fingerprint density at radius 1 is 1.07 bits per heavy atom. The van der Waals surface area contributed by atoms with Crippen LogP contribution in [0.5, 0.6) is 11.5 Å². The lowest BCUT2D eigenvalue weighted by atomic mass is 9.93. The minimum Gasteiger partial charge on any atom is -0.493 e. The van der Waals surface area contributed by atoms with E-state index in [4.69, 9.17) is 18.7 Å². The van der Waals surface area contributed by atoms with Crippen LogP contribution in [0.15, 0.2) is 28.8 Å². The highest BCUT2D eigenvalue weighted by Crippen LogP contribution is 2.50. The maximum atomic E-state index is 13.3. The Hall–Kier alpha value is -3.03. The van der Waals surface area contributed by atoms with Gasteiger partial charge in [0, 0.05) is 24.7 Å². The second-order valence-corrected chi connectivity index (χ2v) is 7.82. The predicted octanol–water partition coefficient (Wildman–Crippen LogP) is 2.80. The highest BCUT2D eigenvalue weighted by molar-refractivity contribution is 5.91. The maximum Gasteiger partial charge on any atom is 0.308 e. The standard InChI is InChI=1S/C22H26N2O6/c1-27-16-5-4-15(12-18(16)28-2)17-13-19(23-30-17)22(8-9-22)21(26)24-10-6-14(7-11-24)20(25)29-3/h4-5,12-14H,6-11H2,1-3H3. The van der Waals surface area contributed by atoms with Crippen molar-refractivity contribution in [2.45, 2.75) is 31.1 Å². The molecular formula is C22H26N2O6. The number of likely N-dealkylation sites (tertiary alicyclic amines) is 1. The molecule has 1 aromatic heterocycles. The second kappa shape index (κ2) is 8.01. The summed E-state index contributed by atoms with van der Waals surface area (Å²) in [6.45, 7) is 1.11. The number of benzene rings is 1. The molecule has 30 heavy (non-hydrogen) atoms. The lowest BCUT2D eigenvalue weighted by molar-refractivity contribution is -0.149. The van der Waals surface area contributed by atoms with Crippen LogP contribution in [-0.4, -0.2) is 56.4 Å². The van der Waals surface area contributed by atoms with E-state index < -0.39 is 5.41 Å². The van der Waals surface area contributed by atoms with Crippen molar-refractivity contribution in [3.05, 3.63) is 30.0 Å². The summed E-state index contributed by atoms with van der Waals surface area (Å²) in [5.41, 5.74) is 0.845. The molecule has 1 saturated heterocycles. The van der Waals surface area contributed by atoms with Crippen LogP contribution < -0.4 is 9.47 Å². The van der Waals surface area contributed by atoms with Gasteiger partial charge in [-0.25, -0.2) is 0 Å². The quantitative estimate of drug-likeness (QED) is 0.671. The van der Waals surface area contributed by atoms with Crippen LogP contribution in [0.1, 0.15) is 31.4 Å². The lowest BCUT2D eigenvalue weighted by Gasteiger charge is -2.33. The Morgan fingerprint density at radius 3 is 2.37 bits per heavy atom. The van der Waals surface area contributed by atoms with E-state index in [9.17, 15) is 9.59 Å². The van der Waals surface area contributed by atoms with E-state index in [1.165, 1.54) is 7.11 Å². The van der Waals surface area contributed by atoms with Crippen LogP contribution in [0.25, 0.3) is 11.3 Å². The normalized spacial score (nSPS) is 18.0. The van der Waals surface area contributed by atoms with E-state index in [-0.39, 0.29) is 17.8 Å². The first-order valence-electron chi connectivity index (χ1n) is 10.1. The molecular weight excluding hydrogens is 388 g/mol. The Labute approximate surface area is 175 Å². The van der Waals surface area contributed by atoms with Gasteiger partial charge in [0.25, 0.3) is 0 Å². The first kappa shape index (κ1) is 20.3. The Kier molecular flexibility index (Phi) is 5.40. The zero-order chi connectivity index (χ0) is 21.3. The second-order valence-electron chi connectivity index (χ2n) is 7.82. The van der Waals surface area contributed by atoms with E-state index in [0.717, 1.165) is 18.4 Å². The van der Waals surface area contributed by atoms with Gasteiger partial charge in [0.05, 0.1) is 38.4 Å². The molecule has 2 heterocycles. The first-order chi connectivity index (χ1) is 14.5. The van der Waals surface area contributed by atoms with Gasteiger partial charge in [0.2, 0.25) is 5.91 Å². The summed E-state index contributed by atoms with van der Waals surface area (Å²) in [7, 11) is 4.56. The van der Waals surface area contributed by atoms with Crippen molar-refractivity contribution in [3.8, 4) is 22.8 Å². The molecule has 2 aliphatic rings. The molecule has 1 aliphatic carbocycles. The van der Waals surface area contributed by atoms with Crippen LogP contribution in [0.4, 0.5) is 0 Å². The number of carbonyl (C=O) groups excluding carboxylic acids is 2. The van der Waals surface area contributed by atoms with Gasteiger partial charge in [0.1, 0.15) is 0 Å². The molecule has 0 spiro atoms. The molecule has 160 valence electrons. The van der Waals surface area contributed by atoms with Crippen LogP contribution in [0.3, 0.4) is 0 Å². The highest BCUT2D eigenvalue weighted by atomic mass is 16.5. The first-order valence-corrected chi connectivity index (χ1v) is 10.1. The minimum atomic E-state index is -0.615.